The Hall–Kier alpha value is -2.16. The summed E-state index contributed by atoms with van der Waals surface area (Å²) in [6, 6.07) is 11.9. The van der Waals surface area contributed by atoms with Crippen LogP contribution in [0.3, 0.4) is 0 Å². The van der Waals surface area contributed by atoms with Crippen LogP contribution < -0.4 is 4.74 Å². The van der Waals surface area contributed by atoms with Crippen molar-refractivity contribution in [2.24, 2.45) is 0 Å². The van der Waals surface area contributed by atoms with Crippen LogP contribution in [-0.4, -0.2) is 24.8 Å². The van der Waals surface area contributed by atoms with E-state index in [0.717, 1.165) is 5.56 Å². The molecule has 0 bridgehead atoms. The summed E-state index contributed by atoms with van der Waals surface area (Å²) in [7, 11) is -2.41. The summed E-state index contributed by atoms with van der Waals surface area (Å²) in [5.41, 5.74) is 0.775. The molecule has 6 nitrogen and oxygen atoms in total. The summed E-state index contributed by atoms with van der Waals surface area (Å²) < 4.78 is 39.3. The van der Waals surface area contributed by atoms with Crippen LogP contribution in [0.4, 0.5) is 0 Å². The number of sulfonamides is 1. The number of halogens is 1. The average Bonchev–Trinajstić information content (AvgIpc) is 3.15. The molecule has 1 aromatic carbocycles. The lowest BCUT2D eigenvalue weighted by Crippen LogP contribution is -2.30. The molecule has 0 saturated heterocycles. The van der Waals surface area contributed by atoms with Crippen molar-refractivity contribution in [2.45, 2.75) is 18.0 Å². The lowest BCUT2D eigenvalue weighted by molar-refractivity contribution is 0.353. The van der Waals surface area contributed by atoms with E-state index in [1.807, 2.05) is 6.07 Å². The Kier molecular flexibility index (Phi) is 5.75. The van der Waals surface area contributed by atoms with Gasteiger partial charge in [-0.25, -0.2) is 8.42 Å². The van der Waals surface area contributed by atoms with Crippen LogP contribution in [0, 0.1) is 0 Å². The Morgan fingerprint density at radius 3 is 2.69 bits per heavy atom. The largest absolute Gasteiger partial charge is 0.495 e. The molecule has 136 valence electrons. The second-order valence-electron chi connectivity index (χ2n) is 5.51. The van der Waals surface area contributed by atoms with E-state index in [9.17, 15) is 8.42 Å². The number of hydrogen-bond acceptors (Lipinski definition) is 5. The van der Waals surface area contributed by atoms with Crippen molar-refractivity contribution in [2.75, 3.05) is 7.11 Å². The molecule has 0 saturated carbocycles. The predicted molar refractivity (Wildman–Crippen MR) is 100 cm³/mol. The zero-order valence-electron chi connectivity index (χ0n) is 14.0. The first kappa shape index (κ1) is 18.6. The second-order valence-corrected chi connectivity index (χ2v) is 8.33. The lowest BCUT2D eigenvalue weighted by Gasteiger charge is -2.22. The van der Waals surface area contributed by atoms with Gasteiger partial charge in [0.2, 0.25) is 10.0 Å². The van der Waals surface area contributed by atoms with E-state index in [2.05, 4.69) is 20.9 Å². The molecule has 0 aliphatic rings. The standard InChI is InChI=1S/C18H17BrN2O4S/c1-24-17-7-6-15(19)10-18(17)26(22,23)21(13-16-5-3-9-25-16)12-14-4-2-8-20-11-14/h2-11H,12-13H2,1H3. The highest BCUT2D eigenvalue weighted by molar-refractivity contribution is 9.10. The van der Waals surface area contributed by atoms with Gasteiger partial charge in [0.25, 0.3) is 0 Å². The van der Waals surface area contributed by atoms with Gasteiger partial charge in [-0.15, -0.1) is 0 Å². The molecule has 0 spiro atoms. The van der Waals surface area contributed by atoms with Crippen molar-refractivity contribution in [3.8, 4) is 5.75 Å². The van der Waals surface area contributed by atoms with Gasteiger partial charge in [0.05, 0.1) is 19.9 Å². The van der Waals surface area contributed by atoms with Gasteiger partial charge in [0.15, 0.2) is 0 Å². The van der Waals surface area contributed by atoms with Gasteiger partial charge in [-0.05, 0) is 42.0 Å². The molecule has 8 heteroatoms. The van der Waals surface area contributed by atoms with E-state index < -0.39 is 10.0 Å². The van der Waals surface area contributed by atoms with Gasteiger partial charge < -0.3 is 9.15 Å². The van der Waals surface area contributed by atoms with Crippen molar-refractivity contribution in [1.29, 1.82) is 0 Å². The van der Waals surface area contributed by atoms with Gasteiger partial charge in [-0.2, -0.15) is 4.31 Å². The number of pyridine rings is 1. The second kappa shape index (κ2) is 8.03. The Bertz CT molecular complexity index is 960. The summed E-state index contributed by atoms with van der Waals surface area (Å²) in [5, 5.41) is 0. The molecule has 3 rings (SSSR count). The first-order valence-corrected chi connectivity index (χ1v) is 9.99. The molecule has 0 fully saturated rings. The summed E-state index contributed by atoms with van der Waals surface area (Å²) >= 11 is 3.33. The quantitative estimate of drug-likeness (QED) is 0.562. The van der Waals surface area contributed by atoms with Crippen molar-refractivity contribution in [3.63, 3.8) is 0 Å². The molecule has 3 aromatic rings. The van der Waals surface area contributed by atoms with Crippen molar-refractivity contribution in [1.82, 2.24) is 9.29 Å². The van der Waals surface area contributed by atoms with Gasteiger partial charge in [-0.1, -0.05) is 22.0 Å². The van der Waals surface area contributed by atoms with E-state index in [0.29, 0.717) is 10.2 Å². The Balaban J connectivity index is 2.03. The molecule has 0 unspecified atom stereocenters. The van der Waals surface area contributed by atoms with Crippen LogP contribution in [0.25, 0.3) is 0 Å². The summed E-state index contributed by atoms with van der Waals surface area (Å²) in [4.78, 5) is 4.15. The normalized spacial score (nSPS) is 11.7. The summed E-state index contributed by atoms with van der Waals surface area (Å²) in [6.45, 7) is 0.256. The molecule has 0 amide bonds. The minimum atomic E-state index is -3.85. The molecule has 0 aliphatic heterocycles. The fraction of sp³-hybridized carbons (Fsp3) is 0.167. The Morgan fingerprint density at radius 2 is 2.04 bits per heavy atom. The number of aromatic nitrogens is 1. The third-order valence-electron chi connectivity index (χ3n) is 3.74. The van der Waals surface area contributed by atoms with Crippen LogP contribution in [0.5, 0.6) is 5.75 Å². The first-order valence-electron chi connectivity index (χ1n) is 7.75. The minimum Gasteiger partial charge on any atom is -0.495 e. The monoisotopic (exact) mass is 436 g/mol. The van der Waals surface area contributed by atoms with E-state index in [-0.39, 0.29) is 23.7 Å². The first-order chi connectivity index (χ1) is 12.5. The zero-order chi connectivity index (χ0) is 18.6. The highest BCUT2D eigenvalue weighted by Crippen LogP contribution is 2.31. The van der Waals surface area contributed by atoms with Crippen LogP contribution >= 0.6 is 15.9 Å². The maximum atomic E-state index is 13.4. The van der Waals surface area contributed by atoms with Gasteiger partial charge in [0, 0.05) is 23.4 Å². The van der Waals surface area contributed by atoms with Crippen molar-refractivity contribution in [3.05, 3.63) is 76.9 Å². The van der Waals surface area contributed by atoms with Gasteiger partial charge >= 0.3 is 0 Å². The van der Waals surface area contributed by atoms with E-state index >= 15 is 0 Å². The third-order valence-corrected chi connectivity index (χ3v) is 6.04. The van der Waals surface area contributed by atoms with Crippen LogP contribution in [0.2, 0.25) is 0 Å². The minimum absolute atomic E-state index is 0.0878. The predicted octanol–water partition coefficient (Wildman–Crippen LogP) is 3.84. The third kappa shape index (κ3) is 4.14. The number of nitrogens with zero attached hydrogens (tertiary/aromatic N) is 2. The molecule has 0 aliphatic carbocycles. The van der Waals surface area contributed by atoms with E-state index in [1.165, 1.54) is 23.7 Å². The van der Waals surface area contributed by atoms with Gasteiger partial charge in [0.1, 0.15) is 16.4 Å². The van der Waals surface area contributed by atoms with Crippen LogP contribution in [0.1, 0.15) is 11.3 Å². The maximum absolute atomic E-state index is 13.4. The number of hydrogen-bond donors (Lipinski definition) is 0. The van der Waals surface area contributed by atoms with Crippen molar-refractivity contribution >= 4 is 26.0 Å². The van der Waals surface area contributed by atoms with Crippen LogP contribution in [0.15, 0.2) is 74.9 Å². The highest BCUT2D eigenvalue weighted by atomic mass is 79.9. The molecule has 26 heavy (non-hydrogen) atoms. The molecular formula is C18H17BrN2O4S. The average molecular weight is 437 g/mol. The number of methoxy groups -OCH3 is 1. The summed E-state index contributed by atoms with van der Waals surface area (Å²) in [6.07, 6.45) is 4.80. The van der Waals surface area contributed by atoms with Gasteiger partial charge in [-0.3, -0.25) is 4.98 Å². The number of rotatable bonds is 7. The molecule has 2 heterocycles. The number of furan rings is 1. The summed E-state index contributed by atoms with van der Waals surface area (Å²) in [5.74, 6) is 0.829. The SMILES string of the molecule is COc1ccc(Br)cc1S(=O)(=O)N(Cc1cccnc1)Cc1ccco1. The topological polar surface area (TPSA) is 72.6 Å². The molecule has 2 aromatic heterocycles. The van der Waals surface area contributed by atoms with E-state index in [1.54, 1.807) is 42.7 Å². The molecule has 0 atom stereocenters. The lowest BCUT2D eigenvalue weighted by atomic mass is 10.3. The van der Waals surface area contributed by atoms with Crippen LogP contribution in [-0.2, 0) is 23.1 Å². The number of ether oxygens (including phenoxy) is 1. The van der Waals surface area contributed by atoms with Crippen molar-refractivity contribution < 1.29 is 17.6 Å². The van der Waals surface area contributed by atoms with E-state index in [4.69, 9.17) is 9.15 Å². The smallest absolute Gasteiger partial charge is 0.247 e. The highest BCUT2D eigenvalue weighted by Gasteiger charge is 2.29. The molecular weight excluding hydrogens is 420 g/mol. The Labute approximate surface area is 160 Å². The molecule has 0 N–H and O–H groups in total. The Morgan fingerprint density at radius 1 is 1.19 bits per heavy atom. The zero-order valence-corrected chi connectivity index (χ0v) is 16.4. The number of benzene rings is 1. The fourth-order valence-corrected chi connectivity index (χ4v) is 4.58. The fourth-order valence-electron chi connectivity index (χ4n) is 2.49. The maximum Gasteiger partial charge on any atom is 0.247 e. The molecule has 0 radical (unpaired) electrons.